The van der Waals surface area contributed by atoms with E-state index in [1.165, 1.54) is 18.5 Å². The van der Waals surface area contributed by atoms with E-state index in [1.807, 2.05) is 13.2 Å². The molecule has 1 unspecified atom stereocenters. The highest BCUT2D eigenvalue weighted by Gasteiger charge is 2.20. The molecule has 1 aromatic rings. The first-order chi connectivity index (χ1) is 7.33. The van der Waals surface area contributed by atoms with Crippen molar-refractivity contribution in [2.75, 3.05) is 25.0 Å². The summed E-state index contributed by atoms with van der Waals surface area (Å²) in [7, 11) is 2.04. The SMILES string of the molecule is CCc1cnc(N2CCCC(NC)C2)[nH]1. The molecule has 1 aliphatic heterocycles. The van der Waals surface area contributed by atoms with Gasteiger partial charge in [0.05, 0.1) is 6.20 Å². The Morgan fingerprint density at radius 3 is 3.20 bits per heavy atom. The fourth-order valence-electron chi connectivity index (χ4n) is 2.09. The minimum atomic E-state index is 0.605. The van der Waals surface area contributed by atoms with Gasteiger partial charge in [0.1, 0.15) is 0 Å². The van der Waals surface area contributed by atoms with E-state index in [2.05, 4.69) is 27.1 Å². The number of H-pyrrole nitrogens is 1. The molecule has 0 spiro atoms. The molecule has 0 radical (unpaired) electrons. The van der Waals surface area contributed by atoms with Crippen molar-refractivity contribution in [3.63, 3.8) is 0 Å². The zero-order chi connectivity index (χ0) is 10.7. The topological polar surface area (TPSA) is 44.0 Å². The number of aryl methyl sites for hydroxylation is 1. The number of imidazole rings is 1. The Morgan fingerprint density at radius 2 is 2.53 bits per heavy atom. The van der Waals surface area contributed by atoms with Crippen molar-refractivity contribution in [2.24, 2.45) is 0 Å². The van der Waals surface area contributed by atoms with Crippen LogP contribution in [0.1, 0.15) is 25.5 Å². The number of hydrogen-bond donors (Lipinski definition) is 2. The van der Waals surface area contributed by atoms with E-state index in [4.69, 9.17) is 0 Å². The molecule has 0 aromatic carbocycles. The van der Waals surface area contributed by atoms with Gasteiger partial charge < -0.3 is 15.2 Å². The lowest BCUT2D eigenvalue weighted by atomic mass is 10.1. The number of rotatable bonds is 3. The summed E-state index contributed by atoms with van der Waals surface area (Å²) in [6.07, 6.45) is 5.48. The summed E-state index contributed by atoms with van der Waals surface area (Å²) in [6, 6.07) is 0.605. The first-order valence-electron chi connectivity index (χ1n) is 5.79. The Labute approximate surface area is 91.1 Å². The van der Waals surface area contributed by atoms with E-state index in [0.29, 0.717) is 6.04 Å². The Kier molecular flexibility index (Phi) is 3.26. The molecule has 15 heavy (non-hydrogen) atoms. The zero-order valence-electron chi connectivity index (χ0n) is 9.58. The van der Waals surface area contributed by atoms with Crippen LogP contribution in [0.25, 0.3) is 0 Å². The van der Waals surface area contributed by atoms with E-state index in [0.717, 1.165) is 25.5 Å². The van der Waals surface area contributed by atoms with Crippen molar-refractivity contribution in [3.8, 4) is 0 Å². The summed E-state index contributed by atoms with van der Waals surface area (Å²) in [5, 5.41) is 3.34. The van der Waals surface area contributed by atoms with Crippen molar-refractivity contribution in [3.05, 3.63) is 11.9 Å². The third kappa shape index (κ3) is 2.31. The predicted octanol–water partition coefficient (Wildman–Crippen LogP) is 1.16. The number of likely N-dealkylation sites (N-methyl/N-ethyl adjacent to an activating group) is 1. The van der Waals surface area contributed by atoms with Gasteiger partial charge in [-0.05, 0) is 26.3 Å². The summed E-state index contributed by atoms with van der Waals surface area (Å²) >= 11 is 0. The van der Waals surface area contributed by atoms with Crippen LogP contribution in [-0.2, 0) is 6.42 Å². The van der Waals surface area contributed by atoms with E-state index >= 15 is 0 Å². The first kappa shape index (κ1) is 10.5. The molecule has 2 rings (SSSR count). The number of anilines is 1. The van der Waals surface area contributed by atoms with Crippen molar-refractivity contribution in [2.45, 2.75) is 32.2 Å². The first-order valence-corrected chi connectivity index (χ1v) is 5.79. The fraction of sp³-hybridized carbons (Fsp3) is 0.727. The number of hydrogen-bond acceptors (Lipinski definition) is 3. The fourth-order valence-corrected chi connectivity index (χ4v) is 2.09. The average Bonchev–Trinajstić information content (AvgIpc) is 2.78. The minimum absolute atomic E-state index is 0.605. The van der Waals surface area contributed by atoms with E-state index in [-0.39, 0.29) is 0 Å². The number of nitrogens with one attached hydrogen (secondary N) is 2. The monoisotopic (exact) mass is 208 g/mol. The van der Waals surface area contributed by atoms with E-state index in [9.17, 15) is 0 Å². The third-order valence-electron chi connectivity index (χ3n) is 3.13. The second-order valence-corrected chi connectivity index (χ2v) is 4.16. The summed E-state index contributed by atoms with van der Waals surface area (Å²) in [4.78, 5) is 10.1. The Morgan fingerprint density at radius 1 is 1.67 bits per heavy atom. The maximum Gasteiger partial charge on any atom is 0.203 e. The highest BCUT2D eigenvalue weighted by molar-refractivity contribution is 5.32. The summed E-state index contributed by atoms with van der Waals surface area (Å²) in [5.41, 5.74) is 1.22. The van der Waals surface area contributed by atoms with Gasteiger partial charge in [-0.15, -0.1) is 0 Å². The highest BCUT2D eigenvalue weighted by atomic mass is 15.3. The van der Waals surface area contributed by atoms with Gasteiger partial charge >= 0.3 is 0 Å². The Balaban J connectivity index is 2.03. The molecular formula is C11H20N4. The van der Waals surface area contributed by atoms with Gasteiger partial charge in [-0.25, -0.2) is 4.98 Å². The largest absolute Gasteiger partial charge is 0.341 e. The van der Waals surface area contributed by atoms with Gasteiger partial charge in [-0.1, -0.05) is 6.92 Å². The van der Waals surface area contributed by atoms with Crippen LogP contribution >= 0.6 is 0 Å². The molecule has 0 amide bonds. The maximum absolute atomic E-state index is 4.42. The summed E-state index contributed by atoms with van der Waals surface area (Å²) < 4.78 is 0. The van der Waals surface area contributed by atoms with Crippen LogP contribution < -0.4 is 10.2 Å². The number of nitrogens with zero attached hydrogens (tertiary/aromatic N) is 2. The van der Waals surface area contributed by atoms with Crippen molar-refractivity contribution >= 4 is 5.95 Å². The van der Waals surface area contributed by atoms with Crippen LogP contribution in [-0.4, -0.2) is 36.1 Å². The van der Waals surface area contributed by atoms with Gasteiger partial charge in [0.25, 0.3) is 0 Å². The van der Waals surface area contributed by atoms with E-state index in [1.54, 1.807) is 0 Å². The van der Waals surface area contributed by atoms with Crippen LogP contribution in [0.4, 0.5) is 5.95 Å². The van der Waals surface area contributed by atoms with Crippen LogP contribution in [0, 0.1) is 0 Å². The van der Waals surface area contributed by atoms with Crippen molar-refractivity contribution in [1.82, 2.24) is 15.3 Å². The van der Waals surface area contributed by atoms with Crippen LogP contribution in [0.3, 0.4) is 0 Å². The standard InChI is InChI=1S/C11H20N4/c1-3-9-7-13-11(14-9)15-6-4-5-10(8-15)12-2/h7,10,12H,3-6,8H2,1-2H3,(H,13,14). The third-order valence-corrected chi connectivity index (χ3v) is 3.13. The van der Waals surface area contributed by atoms with Gasteiger partial charge in [-0.2, -0.15) is 0 Å². The van der Waals surface area contributed by atoms with Gasteiger partial charge in [-0.3, -0.25) is 0 Å². The summed E-state index contributed by atoms with van der Waals surface area (Å²) in [5.74, 6) is 1.03. The van der Waals surface area contributed by atoms with Crippen molar-refractivity contribution < 1.29 is 0 Å². The molecule has 1 fully saturated rings. The lowest BCUT2D eigenvalue weighted by Crippen LogP contribution is -2.44. The molecule has 1 saturated heterocycles. The molecule has 4 heteroatoms. The number of aromatic amines is 1. The molecule has 1 atom stereocenters. The molecule has 2 heterocycles. The Bertz CT molecular complexity index is 307. The summed E-state index contributed by atoms with van der Waals surface area (Å²) in [6.45, 7) is 4.33. The molecule has 84 valence electrons. The minimum Gasteiger partial charge on any atom is -0.341 e. The molecule has 4 nitrogen and oxygen atoms in total. The lowest BCUT2D eigenvalue weighted by molar-refractivity contribution is 0.446. The quantitative estimate of drug-likeness (QED) is 0.783. The van der Waals surface area contributed by atoms with E-state index < -0.39 is 0 Å². The molecule has 0 saturated carbocycles. The predicted molar refractivity (Wildman–Crippen MR) is 62.3 cm³/mol. The highest BCUT2D eigenvalue weighted by Crippen LogP contribution is 2.16. The van der Waals surface area contributed by atoms with Crippen LogP contribution in [0.2, 0.25) is 0 Å². The second-order valence-electron chi connectivity index (χ2n) is 4.16. The van der Waals surface area contributed by atoms with Gasteiger partial charge in [0.15, 0.2) is 0 Å². The molecular weight excluding hydrogens is 188 g/mol. The smallest absolute Gasteiger partial charge is 0.203 e. The number of aromatic nitrogens is 2. The average molecular weight is 208 g/mol. The second kappa shape index (κ2) is 4.66. The Hall–Kier alpha value is -1.03. The zero-order valence-corrected chi connectivity index (χ0v) is 9.58. The maximum atomic E-state index is 4.42. The molecule has 0 aliphatic carbocycles. The lowest BCUT2D eigenvalue weighted by Gasteiger charge is -2.32. The number of piperidine rings is 1. The van der Waals surface area contributed by atoms with Crippen LogP contribution in [0.15, 0.2) is 6.20 Å². The van der Waals surface area contributed by atoms with Crippen LogP contribution in [0.5, 0.6) is 0 Å². The van der Waals surface area contributed by atoms with Crippen molar-refractivity contribution in [1.29, 1.82) is 0 Å². The molecule has 1 aromatic heterocycles. The van der Waals surface area contributed by atoms with Gasteiger partial charge in [0, 0.05) is 24.8 Å². The normalized spacial score (nSPS) is 22.0. The molecule has 0 bridgehead atoms. The molecule has 1 aliphatic rings. The van der Waals surface area contributed by atoms with Gasteiger partial charge in [0.2, 0.25) is 5.95 Å². The molecule has 2 N–H and O–H groups in total.